The van der Waals surface area contributed by atoms with Gasteiger partial charge < -0.3 is 5.73 Å². The molecule has 2 N–H and O–H groups in total. The Bertz CT molecular complexity index is 1210. The summed E-state index contributed by atoms with van der Waals surface area (Å²) in [6.07, 6.45) is 7.49. The smallest absolute Gasteiger partial charge is 0.138 e. The van der Waals surface area contributed by atoms with Gasteiger partial charge in [0.25, 0.3) is 0 Å². The summed E-state index contributed by atoms with van der Waals surface area (Å²) in [4.78, 5) is 18.4. The molecule has 2 atom stereocenters. The van der Waals surface area contributed by atoms with Gasteiger partial charge in [-0.2, -0.15) is 5.10 Å². The molecule has 2 unspecified atom stereocenters. The number of hydrogen-bond donors (Lipinski definition) is 1. The molecule has 7 nitrogen and oxygen atoms in total. The lowest BCUT2D eigenvalue weighted by atomic mass is 9.89. The summed E-state index contributed by atoms with van der Waals surface area (Å²) in [7, 11) is 2.14. The average Bonchev–Trinajstić information content (AvgIpc) is 3.45. The Labute approximate surface area is 192 Å². The average molecular weight is 448 g/mol. The maximum absolute atomic E-state index is 6.40. The molecule has 5 rings (SSSR count). The number of aromatic nitrogens is 5. The topological polar surface area (TPSA) is 85.8 Å². The Morgan fingerprint density at radius 1 is 1.25 bits per heavy atom. The van der Waals surface area contributed by atoms with Gasteiger partial charge in [0.2, 0.25) is 0 Å². The summed E-state index contributed by atoms with van der Waals surface area (Å²) in [5, 5.41) is 5.29. The molecule has 0 spiro atoms. The van der Waals surface area contributed by atoms with E-state index in [1.54, 1.807) is 17.3 Å². The number of fused-ring (bicyclic) bond motifs is 3. The number of benzene rings is 1. The van der Waals surface area contributed by atoms with E-state index in [1.165, 1.54) is 22.4 Å². The van der Waals surface area contributed by atoms with Crippen molar-refractivity contribution in [3.05, 3.63) is 58.7 Å². The van der Waals surface area contributed by atoms with Gasteiger partial charge in [0, 0.05) is 23.9 Å². The van der Waals surface area contributed by atoms with Crippen LogP contribution in [0.2, 0.25) is 0 Å². The van der Waals surface area contributed by atoms with Crippen LogP contribution in [0.1, 0.15) is 48.1 Å². The predicted octanol–water partition coefficient (Wildman–Crippen LogP) is 4.21. The molecule has 4 aromatic rings. The first kappa shape index (κ1) is 21.0. The van der Waals surface area contributed by atoms with Gasteiger partial charge in [0.05, 0.1) is 11.1 Å². The number of likely N-dealkylation sites (N-methyl/N-ethyl adjacent to an activating group) is 1. The molecule has 0 radical (unpaired) electrons. The fraction of sp³-hybridized carbons (Fsp3) is 0.417. The van der Waals surface area contributed by atoms with Crippen molar-refractivity contribution in [2.75, 3.05) is 19.3 Å². The monoisotopic (exact) mass is 447 g/mol. The van der Waals surface area contributed by atoms with Crippen molar-refractivity contribution in [2.24, 2.45) is 5.92 Å². The highest BCUT2D eigenvalue weighted by atomic mass is 32.1. The molecular weight excluding hydrogens is 418 g/mol. The number of nitrogens with two attached hydrogens (primary N) is 1. The second kappa shape index (κ2) is 8.60. The van der Waals surface area contributed by atoms with E-state index in [1.807, 2.05) is 11.3 Å². The third kappa shape index (κ3) is 4.00. The number of nitrogens with zero attached hydrogens (tertiary/aromatic N) is 6. The fourth-order valence-electron chi connectivity index (χ4n) is 4.50. The van der Waals surface area contributed by atoms with Crippen molar-refractivity contribution in [3.8, 4) is 5.69 Å². The van der Waals surface area contributed by atoms with Gasteiger partial charge in [-0.15, -0.1) is 11.3 Å². The number of thiophene rings is 1. The summed E-state index contributed by atoms with van der Waals surface area (Å²) in [5.41, 5.74) is 10.1. The minimum atomic E-state index is 0.274. The van der Waals surface area contributed by atoms with Gasteiger partial charge in [-0.1, -0.05) is 19.1 Å². The Balaban J connectivity index is 1.27. The summed E-state index contributed by atoms with van der Waals surface area (Å²) in [5.74, 6) is 2.23. The van der Waals surface area contributed by atoms with Crippen LogP contribution in [0.4, 0.5) is 5.82 Å². The van der Waals surface area contributed by atoms with Crippen LogP contribution in [0.3, 0.4) is 0 Å². The van der Waals surface area contributed by atoms with Crippen molar-refractivity contribution in [3.63, 3.8) is 0 Å². The zero-order valence-electron chi connectivity index (χ0n) is 18.8. The Morgan fingerprint density at radius 2 is 2.06 bits per heavy atom. The molecule has 0 bridgehead atoms. The van der Waals surface area contributed by atoms with Gasteiger partial charge in [-0.25, -0.2) is 19.6 Å². The van der Waals surface area contributed by atoms with Crippen molar-refractivity contribution in [1.29, 1.82) is 0 Å². The summed E-state index contributed by atoms with van der Waals surface area (Å²) in [6, 6.07) is 8.72. The normalized spacial score (nSPS) is 17.1. The van der Waals surface area contributed by atoms with Crippen LogP contribution in [0.25, 0.3) is 15.9 Å². The first-order valence-electron chi connectivity index (χ1n) is 11.2. The molecule has 3 heterocycles. The Morgan fingerprint density at radius 3 is 2.81 bits per heavy atom. The number of anilines is 1. The molecule has 8 heteroatoms. The minimum absolute atomic E-state index is 0.274. The van der Waals surface area contributed by atoms with E-state index < -0.39 is 0 Å². The maximum atomic E-state index is 6.40. The molecule has 32 heavy (non-hydrogen) atoms. The molecule has 166 valence electrons. The lowest BCUT2D eigenvalue weighted by molar-refractivity contribution is 0.263. The zero-order chi connectivity index (χ0) is 22.2. The summed E-state index contributed by atoms with van der Waals surface area (Å²) >= 11 is 1.81. The second-order valence-corrected chi connectivity index (χ2v) is 9.98. The predicted molar refractivity (Wildman–Crippen MR) is 129 cm³/mol. The molecular formula is C24H29N7S. The first-order valence-corrected chi connectivity index (χ1v) is 12.0. The van der Waals surface area contributed by atoms with Crippen molar-refractivity contribution < 1.29 is 0 Å². The second-order valence-electron chi connectivity index (χ2n) is 8.90. The van der Waals surface area contributed by atoms with E-state index in [9.17, 15) is 0 Å². The van der Waals surface area contributed by atoms with E-state index in [0.717, 1.165) is 53.5 Å². The van der Waals surface area contributed by atoms with E-state index in [-0.39, 0.29) is 6.04 Å². The summed E-state index contributed by atoms with van der Waals surface area (Å²) < 4.78 is 1.76. The van der Waals surface area contributed by atoms with E-state index in [4.69, 9.17) is 10.7 Å². The first-order chi connectivity index (χ1) is 15.5. The third-order valence-electron chi connectivity index (χ3n) is 6.64. The van der Waals surface area contributed by atoms with Gasteiger partial charge in [0.1, 0.15) is 29.1 Å². The maximum Gasteiger partial charge on any atom is 0.138 e. The lowest BCUT2D eigenvalue weighted by Gasteiger charge is -2.25. The number of nitrogen functional groups attached to an aromatic ring is 1. The van der Waals surface area contributed by atoms with E-state index >= 15 is 0 Å². The molecule has 0 saturated carbocycles. The highest BCUT2D eigenvalue weighted by molar-refractivity contribution is 7.19. The van der Waals surface area contributed by atoms with Gasteiger partial charge in [0.15, 0.2) is 0 Å². The highest BCUT2D eigenvalue weighted by Crippen LogP contribution is 2.39. The molecule has 0 amide bonds. The minimum Gasteiger partial charge on any atom is -0.383 e. The van der Waals surface area contributed by atoms with Crippen LogP contribution in [0, 0.1) is 5.92 Å². The largest absolute Gasteiger partial charge is 0.383 e. The summed E-state index contributed by atoms with van der Waals surface area (Å²) in [6.45, 7) is 5.41. The molecule has 1 aliphatic carbocycles. The fourth-order valence-corrected chi connectivity index (χ4v) is 5.91. The number of aryl methyl sites for hydroxylation is 1. The van der Waals surface area contributed by atoms with Gasteiger partial charge in [-0.05, 0) is 62.4 Å². The van der Waals surface area contributed by atoms with Crippen molar-refractivity contribution >= 4 is 27.4 Å². The molecule has 0 saturated heterocycles. The Hall–Kier alpha value is -2.84. The number of hydrogen-bond acceptors (Lipinski definition) is 7. The Kier molecular flexibility index (Phi) is 5.65. The quantitative estimate of drug-likeness (QED) is 0.476. The van der Waals surface area contributed by atoms with Crippen molar-refractivity contribution in [2.45, 2.75) is 45.6 Å². The molecule has 0 fully saturated rings. The SMILES string of the molecule is CC1CCc2c(sc3nc(CCN(C)C(C)c4ccc(-n5cncn5)cc4)nc(N)c23)C1. The highest BCUT2D eigenvalue weighted by Gasteiger charge is 2.23. The van der Waals surface area contributed by atoms with Crippen LogP contribution >= 0.6 is 11.3 Å². The van der Waals surface area contributed by atoms with Crippen LogP contribution in [-0.2, 0) is 19.3 Å². The van der Waals surface area contributed by atoms with Crippen LogP contribution in [0.5, 0.6) is 0 Å². The zero-order valence-corrected chi connectivity index (χ0v) is 19.6. The van der Waals surface area contributed by atoms with Crippen LogP contribution < -0.4 is 5.73 Å². The van der Waals surface area contributed by atoms with Crippen LogP contribution in [0.15, 0.2) is 36.9 Å². The van der Waals surface area contributed by atoms with E-state index in [0.29, 0.717) is 5.82 Å². The van der Waals surface area contributed by atoms with E-state index in [2.05, 4.69) is 65.1 Å². The van der Waals surface area contributed by atoms with Gasteiger partial charge in [-0.3, -0.25) is 4.90 Å². The molecule has 1 aromatic carbocycles. The molecule has 3 aromatic heterocycles. The van der Waals surface area contributed by atoms with Crippen molar-refractivity contribution in [1.82, 2.24) is 29.6 Å². The number of rotatable bonds is 6. The lowest BCUT2D eigenvalue weighted by Crippen LogP contribution is -2.25. The third-order valence-corrected chi connectivity index (χ3v) is 7.79. The van der Waals surface area contributed by atoms with Crippen LogP contribution in [-0.4, -0.2) is 43.2 Å². The standard InChI is InChI=1S/C24H29N7S/c1-15-4-9-19-20(12-15)32-24-22(19)23(25)28-21(29-24)10-11-30(3)16(2)17-5-7-18(8-6-17)31-14-26-13-27-31/h5-8,13-16H,4,9-12H2,1-3H3,(H2,25,28,29). The molecule has 1 aliphatic rings. The van der Waals surface area contributed by atoms with Gasteiger partial charge >= 0.3 is 0 Å². The molecule has 0 aliphatic heterocycles.